The van der Waals surface area contributed by atoms with Gasteiger partial charge in [-0.1, -0.05) is 15.9 Å². The Hall–Kier alpha value is -2.34. The highest BCUT2D eigenvalue weighted by Crippen LogP contribution is 2.28. The molecule has 0 unspecified atom stereocenters. The summed E-state index contributed by atoms with van der Waals surface area (Å²) in [6.45, 7) is 2.16. The zero-order valence-electron chi connectivity index (χ0n) is 11.8. The number of fused-ring (bicyclic) bond motifs is 3. The van der Waals surface area contributed by atoms with Crippen LogP contribution in [0, 0.1) is 12.1 Å². The Morgan fingerprint density at radius 2 is 2.23 bits per heavy atom. The molecule has 6 heteroatoms. The second-order valence-corrected chi connectivity index (χ2v) is 6.09. The Morgan fingerprint density at radius 3 is 3.00 bits per heavy atom. The maximum absolute atomic E-state index is 12.7. The summed E-state index contributed by atoms with van der Waals surface area (Å²) in [6, 6.07) is 9.46. The van der Waals surface area contributed by atoms with Crippen LogP contribution in [-0.4, -0.2) is 20.0 Å². The van der Waals surface area contributed by atoms with Gasteiger partial charge in [0, 0.05) is 16.4 Å². The molecule has 0 bridgehead atoms. The van der Waals surface area contributed by atoms with Crippen molar-refractivity contribution in [1.82, 2.24) is 9.55 Å². The number of hydrogen-bond acceptors (Lipinski definition) is 3. The summed E-state index contributed by atoms with van der Waals surface area (Å²) in [5.74, 6) is 1.27. The van der Waals surface area contributed by atoms with E-state index < -0.39 is 0 Å². The van der Waals surface area contributed by atoms with Gasteiger partial charge in [0.2, 0.25) is 6.54 Å². The number of nitrogens with zero attached hydrogens (tertiary/aromatic N) is 3. The van der Waals surface area contributed by atoms with E-state index in [2.05, 4.69) is 20.9 Å². The smallest absolute Gasteiger partial charge is 0.263 e. The van der Waals surface area contributed by atoms with Crippen molar-refractivity contribution in [3.8, 4) is 5.69 Å². The van der Waals surface area contributed by atoms with Gasteiger partial charge in [-0.05, 0) is 37.3 Å². The lowest BCUT2D eigenvalue weighted by Gasteiger charge is -2.10. The lowest BCUT2D eigenvalue weighted by molar-refractivity contribution is -0.475. The van der Waals surface area contributed by atoms with Crippen molar-refractivity contribution in [2.45, 2.75) is 13.5 Å². The number of hydroxylamine groups is 1. The van der Waals surface area contributed by atoms with Crippen LogP contribution in [0.3, 0.4) is 0 Å². The molecule has 0 radical (unpaired) electrons. The van der Waals surface area contributed by atoms with Crippen molar-refractivity contribution in [2.75, 3.05) is 0 Å². The summed E-state index contributed by atoms with van der Waals surface area (Å²) in [5.41, 5.74) is 3.26. The number of aromatic nitrogens is 2. The monoisotopic (exact) mass is 357 g/mol. The third-order valence-corrected chi connectivity index (χ3v) is 4.25. The van der Waals surface area contributed by atoms with Gasteiger partial charge in [-0.25, -0.2) is 4.98 Å². The van der Waals surface area contributed by atoms with E-state index in [1.165, 1.54) is 0 Å². The first-order valence-corrected chi connectivity index (χ1v) is 7.63. The van der Waals surface area contributed by atoms with Gasteiger partial charge in [0.05, 0.1) is 17.5 Å². The molecule has 0 N–H and O–H groups in total. The van der Waals surface area contributed by atoms with E-state index in [1.807, 2.05) is 29.7 Å². The number of aryl methyl sites for hydroxylation is 1. The van der Waals surface area contributed by atoms with E-state index in [1.54, 1.807) is 24.6 Å². The van der Waals surface area contributed by atoms with E-state index in [0.717, 1.165) is 32.0 Å². The second-order valence-electron chi connectivity index (χ2n) is 5.18. The highest BCUT2D eigenvalue weighted by molar-refractivity contribution is 9.10. The summed E-state index contributed by atoms with van der Waals surface area (Å²) >= 11 is 3.49. The average Bonchev–Trinajstić information content (AvgIpc) is 3.09. The van der Waals surface area contributed by atoms with Crippen LogP contribution in [0.15, 0.2) is 51.7 Å². The van der Waals surface area contributed by atoms with Gasteiger partial charge in [-0.2, -0.15) is 4.74 Å². The standard InChI is InChI=1S/C16H12BrN3O2/c1-10-8-18-15-9-19(21)16(14-3-2-6-22-14)12-7-11(17)4-5-13(12)20(10)15/h2-8H,9H2,1H3. The molecule has 1 aromatic carbocycles. The summed E-state index contributed by atoms with van der Waals surface area (Å²) in [5, 5.41) is 12.7. The van der Waals surface area contributed by atoms with Crippen molar-refractivity contribution >= 4 is 21.6 Å². The largest absolute Gasteiger partial charge is 0.623 e. The molecular formula is C16H12BrN3O2. The molecule has 1 aliphatic rings. The minimum Gasteiger partial charge on any atom is -0.623 e. The number of imidazole rings is 1. The highest BCUT2D eigenvalue weighted by atomic mass is 79.9. The third kappa shape index (κ3) is 1.91. The summed E-state index contributed by atoms with van der Waals surface area (Å²) in [6.07, 6.45) is 3.36. The van der Waals surface area contributed by atoms with Gasteiger partial charge in [0.15, 0.2) is 11.6 Å². The molecule has 0 aliphatic carbocycles. The number of halogens is 1. The number of rotatable bonds is 1. The fourth-order valence-electron chi connectivity index (χ4n) is 2.83. The lowest BCUT2D eigenvalue weighted by atomic mass is 10.1. The summed E-state index contributed by atoms with van der Waals surface area (Å²) in [7, 11) is 0. The number of hydrogen-bond donors (Lipinski definition) is 0. The first kappa shape index (κ1) is 13.3. The first-order valence-electron chi connectivity index (χ1n) is 6.84. The molecule has 0 saturated carbocycles. The molecule has 0 fully saturated rings. The Bertz CT molecular complexity index is 894. The van der Waals surface area contributed by atoms with Crippen LogP contribution in [0.5, 0.6) is 0 Å². The molecule has 110 valence electrons. The Labute approximate surface area is 135 Å². The number of furan rings is 1. The maximum Gasteiger partial charge on any atom is 0.263 e. The molecule has 0 atom stereocenters. The van der Waals surface area contributed by atoms with Crippen LogP contribution < -0.4 is 0 Å². The van der Waals surface area contributed by atoms with Crippen molar-refractivity contribution in [3.63, 3.8) is 0 Å². The van der Waals surface area contributed by atoms with Crippen molar-refractivity contribution in [2.24, 2.45) is 0 Å². The quantitative estimate of drug-likeness (QED) is 0.495. The molecule has 0 saturated heterocycles. The zero-order chi connectivity index (χ0) is 15.3. The Morgan fingerprint density at radius 1 is 1.36 bits per heavy atom. The summed E-state index contributed by atoms with van der Waals surface area (Å²) in [4.78, 5) is 4.37. The minimum atomic E-state index is 0.177. The van der Waals surface area contributed by atoms with Crippen molar-refractivity contribution < 1.29 is 9.16 Å². The van der Waals surface area contributed by atoms with Crippen LogP contribution in [0.4, 0.5) is 0 Å². The van der Waals surface area contributed by atoms with E-state index in [4.69, 9.17) is 4.42 Å². The first-order chi connectivity index (χ1) is 10.6. The molecule has 3 heterocycles. The highest BCUT2D eigenvalue weighted by Gasteiger charge is 2.29. The third-order valence-electron chi connectivity index (χ3n) is 3.75. The predicted molar refractivity (Wildman–Crippen MR) is 85.3 cm³/mol. The lowest BCUT2D eigenvalue weighted by Crippen LogP contribution is -2.17. The average molecular weight is 358 g/mol. The molecule has 0 spiro atoms. The predicted octanol–water partition coefficient (Wildman–Crippen LogP) is 3.40. The van der Waals surface area contributed by atoms with Gasteiger partial charge in [-0.15, -0.1) is 0 Å². The Balaban J connectivity index is 2.09. The maximum atomic E-state index is 12.7. The van der Waals surface area contributed by atoms with E-state index in [0.29, 0.717) is 11.5 Å². The van der Waals surface area contributed by atoms with Crippen LogP contribution in [0.1, 0.15) is 22.8 Å². The molecule has 5 nitrogen and oxygen atoms in total. The van der Waals surface area contributed by atoms with Crippen LogP contribution in [-0.2, 0) is 6.54 Å². The Kier molecular flexibility index (Phi) is 2.94. The topological polar surface area (TPSA) is 57.0 Å². The van der Waals surface area contributed by atoms with Gasteiger partial charge in [0.1, 0.15) is 0 Å². The van der Waals surface area contributed by atoms with Gasteiger partial charge >= 0.3 is 0 Å². The van der Waals surface area contributed by atoms with Crippen molar-refractivity contribution in [1.29, 1.82) is 0 Å². The number of benzene rings is 1. The SMILES string of the molecule is Cc1cnc2n1-c1ccc(Br)cc1C(c1ccco1)=[N+]([O-])C2. The van der Waals surface area contributed by atoms with E-state index >= 15 is 0 Å². The fraction of sp³-hybridized carbons (Fsp3) is 0.125. The van der Waals surface area contributed by atoms with Gasteiger partial charge in [-0.3, -0.25) is 4.57 Å². The fourth-order valence-corrected chi connectivity index (χ4v) is 3.19. The van der Waals surface area contributed by atoms with Crippen molar-refractivity contribution in [3.05, 3.63) is 75.3 Å². The molecule has 22 heavy (non-hydrogen) atoms. The summed E-state index contributed by atoms with van der Waals surface area (Å²) < 4.78 is 9.34. The van der Waals surface area contributed by atoms with Crippen LogP contribution in [0.25, 0.3) is 5.69 Å². The molecule has 0 amide bonds. The van der Waals surface area contributed by atoms with Gasteiger partial charge in [0.25, 0.3) is 5.71 Å². The van der Waals surface area contributed by atoms with Crippen LogP contribution >= 0.6 is 15.9 Å². The molecule has 1 aliphatic heterocycles. The van der Waals surface area contributed by atoms with Crippen LogP contribution in [0.2, 0.25) is 0 Å². The molecule has 2 aromatic heterocycles. The zero-order valence-corrected chi connectivity index (χ0v) is 13.4. The molecule has 3 aromatic rings. The minimum absolute atomic E-state index is 0.177. The molecule has 4 rings (SSSR count). The van der Waals surface area contributed by atoms with Gasteiger partial charge < -0.3 is 9.62 Å². The van der Waals surface area contributed by atoms with E-state index in [9.17, 15) is 5.21 Å². The molecular weight excluding hydrogens is 346 g/mol. The normalized spacial score (nSPS) is 13.7. The van der Waals surface area contributed by atoms with E-state index in [-0.39, 0.29) is 6.54 Å². The second kappa shape index (κ2) is 4.84.